The first-order valence-corrected chi connectivity index (χ1v) is 5.24. The molecule has 82 valence electrons. The molecular weight excluding hydrogens is 192 g/mol. The highest BCUT2D eigenvalue weighted by Gasteiger charge is 2.15. The van der Waals surface area contributed by atoms with E-state index in [1.807, 2.05) is 19.2 Å². The number of rotatable bonds is 3. The van der Waals surface area contributed by atoms with Crippen molar-refractivity contribution >= 4 is 6.29 Å². The number of hydrogen-bond acceptors (Lipinski definition) is 3. The summed E-state index contributed by atoms with van der Waals surface area (Å²) in [6, 6.07) is 1.85. The van der Waals surface area contributed by atoms with Crippen LogP contribution in [0.1, 0.15) is 16.1 Å². The molecule has 1 atom stereocenters. The van der Waals surface area contributed by atoms with Crippen LogP contribution >= 0.6 is 0 Å². The summed E-state index contributed by atoms with van der Waals surface area (Å²) in [6.45, 7) is 5.35. The molecule has 1 unspecified atom stereocenters. The lowest BCUT2D eigenvalue weighted by Gasteiger charge is -2.24. The van der Waals surface area contributed by atoms with Gasteiger partial charge in [-0.05, 0) is 13.0 Å². The maximum atomic E-state index is 10.7. The summed E-state index contributed by atoms with van der Waals surface area (Å²) in [4.78, 5) is 10.7. The number of hydrogen-bond donors (Lipinski definition) is 1. The molecule has 4 heteroatoms. The average Bonchev–Trinajstić information content (AvgIpc) is 2.62. The minimum Gasteiger partial charge on any atom is -0.374 e. The summed E-state index contributed by atoms with van der Waals surface area (Å²) in [6.07, 6.45) is 3.05. The predicted octanol–water partition coefficient (Wildman–Crippen LogP) is 0.597. The summed E-state index contributed by atoms with van der Waals surface area (Å²) in [5.74, 6) is 0. The lowest BCUT2D eigenvalue weighted by molar-refractivity contribution is 0.0179. The van der Waals surface area contributed by atoms with Gasteiger partial charge in [0.15, 0.2) is 6.29 Å². The zero-order valence-corrected chi connectivity index (χ0v) is 8.90. The van der Waals surface area contributed by atoms with Crippen LogP contribution < -0.4 is 5.32 Å². The van der Waals surface area contributed by atoms with Crippen LogP contribution in [0.5, 0.6) is 0 Å². The van der Waals surface area contributed by atoms with Crippen molar-refractivity contribution in [3.63, 3.8) is 0 Å². The van der Waals surface area contributed by atoms with Gasteiger partial charge in [-0.15, -0.1) is 0 Å². The SMILES string of the molecule is Cc1c(C=O)ccn1CC1CNCCO1. The third kappa shape index (κ3) is 2.27. The fraction of sp³-hybridized carbons (Fsp3) is 0.545. The Morgan fingerprint density at radius 1 is 1.73 bits per heavy atom. The first kappa shape index (κ1) is 10.4. The molecule has 1 N–H and O–H groups in total. The smallest absolute Gasteiger partial charge is 0.151 e. The molecule has 4 nitrogen and oxygen atoms in total. The van der Waals surface area contributed by atoms with E-state index in [2.05, 4.69) is 9.88 Å². The number of aromatic nitrogens is 1. The molecule has 0 amide bonds. The molecule has 0 bridgehead atoms. The topological polar surface area (TPSA) is 43.3 Å². The van der Waals surface area contributed by atoms with E-state index in [0.29, 0.717) is 0 Å². The minimum absolute atomic E-state index is 0.212. The molecule has 0 spiro atoms. The van der Waals surface area contributed by atoms with Crippen molar-refractivity contribution in [2.45, 2.75) is 19.6 Å². The van der Waals surface area contributed by atoms with Crippen LogP contribution in [0, 0.1) is 6.92 Å². The van der Waals surface area contributed by atoms with Gasteiger partial charge >= 0.3 is 0 Å². The van der Waals surface area contributed by atoms with Crippen LogP contribution in [-0.2, 0) is 11.3 Å². The zero-order valence-electron chi connectivity index (χ0n) is 8.90. The second-order valence-electron chi connectivity index (χ2n) is 3.82. The lowest BCUT2D eigenvalue weighted by Crippen LogP contribution is -2.40. The van der Waals surface area contributed by atoms with Gasteiger partial charge in [-0.2, -0.15) is 0 Å². The Bertz CT molecular complexity index is 340. The number of carbonyl (C=O) groups is 1. The molecule has 0 aromatic carbocycles. The summed E-state index contributed by atoms with van der Waals surface area (Å²) in [5, 5.41) is 3.29. The molecule has 1 saturated heterocycles. The van der Waals surface area contributed by atoms with Gasteiger partial charge in [0.1, 0.15) is 0 Å². The van der Waals surface area contributed by atoms with Gasteiger partial charge in [0.05, 0.1) is 12.7 Å². The highest BCUT2D eigenvalue weighted by atomic mass is 16.5. The Labute approximate surface area is 89.2 Å². The molecule has 1 aromatic rings. The standard InChI is InChI=1S/C11H16N2O2/c1-9-10(8-14)2-4-13(9)7-11-6-12-3-5-15-11/h2,4,8,11-12H,3,5-7H2,1H3. The number of nitrogens with zero attached hydrogens (tertiary/aromatic N) is 1. The molecule has 1 aromatic heterocycles. The van der Waals surface area contributed by atoms with Crippen molar-refractivity contribution in [3.8, 4) is 0 Å². The van der Waals surface area contributed by atoms with Crippen LogP contribution in [0.15, 0.2) is 12.3 Å². The van der Waals surface area contributed by atoms with Gasteiger partial charge in [0.2, 0.25) is 0 Å². The zero-order chi connectivity index (χ0) is 10.7. The average molecular weight is 208 g/mol. The molecule has 1 aliphatic rings. The van der Waals surface area contributed by atoms with Crippen molar-refractivity contribution < 1.29 is 9.53 Å². The van der Waals surface area contributed by atoms with Crippen molar-refractivity contribution in [3.05, 3.63) is 23.5 Å². The first-order valence-electron chi connectivity index (χ1n) is 5.24. The van der Waals surface area contributed by atoms with Crippen LogP contribution in [0.3, 0.4) is 0 Å². The van der Waals surface area contributed by atoms with Crippen molar-refractivity contribution in [2.24, 2.45) is 0 Å². The van der Waals surface area contributed by atoms with Gasteiger partial charge in [0.25, 0.3) is 0 Å². The predicted molar refractivity (Wildman–Crippen MR) is 57.2 cm³/mol. The molecule has 1 aliphatic heterocycles. The van der Waals surface area contributed by atoms with E-state index in [1.165, 1.54) is 0 Å². The van der Waals surface area contributed by atoms with Gasteiger partial charge in [-0.25, -0.2) is 0 Å². The van der Waals surface area contributed by atoms with E-state index in [0.717, 1.165) is 43.8 Å². The van der Waals surface area contributed by atoms with Gasteiger partial charge in [-0.1, -0.05) is 0 Å². The van der Waals surface area contributed by atoms with E-state index < -0.39 is 0 Å². The fourth-order valence-corrected chi connectivity index (χ4v) is 1.85. The molecule has 0 radical (unpaired) electrons. The minimum atomic E-state index is 0.212. The van der Waals surface area contributed by atoms with Gasteiger partial charge in [0, 0.05) is 37.1 Å². The Morgan fingerprint density at radius 2 is 2.60 bits per heavy atom. The molecular formula is C11H16N2O2. The largest absolute Gasteiger partial charge is 0.374 e. The molecule has 15 heavy (non-hydrogen) atoms. The lowest BCUT2D eigenvalue weighted by atomic mass is 10.2. The summed E-state index contributed by atoms with van der Waals surface area (Å²) < 4.78 is 7.68. The number of nitrogens with one attached hydrogen (secondary N) is 1. The first-order chi connectivity index (χ1) is 7.31. The van der Waals surface area contributed by atoms with E-state index >= 15 is 0 Å². The molecule has 2 heterocycles. The van der Waals surface area contributed by atoms with E-state index in [9.17, 15) is 4.79 Å². The van der Waals surface area contributed by atoms with Crippen LogP contribution in [0.4, 0.5) is 0 Å². The van der Waals surface area contributed by atoms with Crippen molar-refractivity contribution in [1.82, 2.24) is 9.88 Å². The fourth-order valence-electron chi connectivity index (χ4n) is 1.85. The number of carbonyl (C=O) groups excluding carboxylic acids is 1. The maximum absolute atomic E-state index is 10.7. The summed E-state index contributed by atoms with van der Waals surface area (Å²) in [5.41, 5.74) is 1.78. The molecule has 2 rings (SSSR count). The molecule has 0 saturated carbocycles. The van der Waals surface area contributed by atoms with E-state index in [1.54, 1.807) is 0 Å². The van der Waals surface area contributed by atoms with Crippen LogP contribution in [-0.4, -0.2) is 36.7 Å². The van der Waals surface area contributed by atoms with Crippen molar-refractivity contribution in [1.29, 1.82) is 0 Å². The van der Waals surface area contributed by atoms with E-state index in [4.69, 9.17) is 4.74 Å². The van der Waals surface area contributed by atoms with Crippen LogP contribution in [0.25, 0.3) is 0 Å². The number of aldehydes is 1. The Kier molecular flexibility index (Phi) is 3.18. The monoisotopic (exact) mass is 208 g/mol. The van der Waals surface area contributed by atoms with Crippen molar-refractivity contribution in [2.75, 3.05) is 19.7 Å². The summed E-state index contributed by atoms with van der Waals surface area (Å²) in [7, 11) is 0. The second kappa shape index (κ2) is 4.59. The Morgan fingerprint density at radius 3 is 3.20 bits per heavy atom. The summed E-state index contributed by atoms with van der Waals surface area (Å²) >= 11 is 0. The Balaban J connectivity index is 2.03. The quantitative estimate of drug-likeness (QED) is 0.740. The third-order valence-electron chi connectivity index (χ3n) is 2.81. The number of morpholine rings is 1. The van der Waals surface area contributed by atoms with Gasteiger partial charge in [-0.3, -0.25) is 4.79 Å². The molecule has 0 aliphatic carbocycles. The Hall–Kier alpha value is -1.13. The molecule has 1 fully saturated rings. The second-order valence-corrected chi connectivity index (χ2v) is 3.82. The van der Waals surface area contributed by atoms with Gasteiger partial charge < -0.3 is 14.6 Å². The third-order valence-corrected chi connectivity index (χ3v) is 2.81. The normalized spacial score (nSPS) is 21.5. The van der Waals surface area contributed by atoms with E-state index in [-0.39, 0.29) is 6.10 Å². The maximum Gasteiger partial charge on any atom is 0.151 e. The number of ether oxygens (including phenoxy) is 1. The van der Waals surface area contributed by atoms with Crippen LogP contribution in [0.2, 0.25) is 0 Å². The highest BCUT2D eigenvalue weighted by Crippen LogP contribution is 2.10. The highest BCUT2D eigenvalue weighted by molar-refractivity contribution is 5.76.